The summed E-state index contributed by atoms with van der Waals surface area (Å²) in [6.07, 6.45) is 0.999. The van der Waals surface area contributed by atoms with Gasteiger partial charge in [0.15, 0.2) is 0 Å². The Balaban J connectivity index is 2.20. The molecule has 0 spiro atoms. The molecule has 0 saturated carbocycles. The van der Waals surface area contributed by atoms with Gasteiger partial charge in [0.1, 0.15) is 0 Å². The van der Waals surface area contributed by atoms with Crippen LogP contribution in [0.4, 0.5) is 0 Å². The van der Waals surface area contributed by atoms with E-state index < -0.39 is 0 Å². The summed E-state index contributed by atoms with van der Waals surface area (Å²) < 4.78 is 4.04. The van der Waals surface area contributed by atoms with Crippen molar-refractivity contribution in [3.63, 3.8) is 0 Å². The normalized spacial score (nSPS) is 15.8. The van der Waals surface area contributed by atoms with Gasteiger partial charge < -0.3 is 10.1 Å². The highest BCUT2D eigenvalue weighted by molar-refractivity contribution is 7.80. The first-order valence-corrected chi connectivity index (χ1v) is 3.25. The molecule has 8 heavy (non-hydrogen) atoms. The number of aliphatic hydroxyl groups is 2. The van der Waals surface area contributed by atoms with Crippen LogP contribution in [0.15, 0.2) is 11.6 Å². The Hall–Kier alpha value is -0.310. The van der Waals surface area contributed by atoms with Crippen molar-refractivity contribution in [2.24, 2.45) is 0 Å². The predicted molar refractivity (Wildman–Crippen MR) is 37.2 cm³/mol. The van der Waals surface area contributed by atoms with Crippen molar-refractivity contribution in [1.29, 1.82) is 0 Å². The van der Waals surface area contributed by atoms with E-state index in [0.29, 0.717) is 0 Å². The molecule has 0 amide bonds. The lowest BCUT2D eigenvalue weighted by molar-refractivity contribution is 0.234. The van der Waals surface area contributed by atoms with Gasteiger partial charge >= 0.3 is 11.6 Å². The lowest BCUT2D eigenvalue weighted by Crippen LogP contribution is -1.95. The maximum Gasteiger partial charge on any atom is 0.431 e. The van der Waals surface area contributed by atoms with E-state index in [9.17, 15) is 0 Å². The van der Waals surface area contributed by atoms with E-state index >= 15 is 0 Å². The summed E-state index contributed by atoms with van der Waals surface area (Å²) in [5.41, 5.74) is 0. The fraction of sp³-hybridized carbons (Fsp3) is 0.600. The molecule has 46 valence electrons. The molecule has 3 heteroatoms. The number of rotatable bonds is 3. The SMILES string of the molecule is CNC1=C(CCS)[OH+]1. The smallest absolute Gasteiger partial charge is 0.431 e. The fourth-order valence-corrected chi connectivity index (χ4v) is 0.799. The quantitative estimate of drug-likeness (QED) is 0.431. The second-order valence-corrected chi connectivity index (χ2v) is 2.08. The highest BCUT2D eigenvalue weighted by atomic mass is 32.1. The number of thiol groups is 1. The van der Waals surface area contributed by atoms with E-state index in [2.05, 4.69) is 22.7 Å². The van der Waals surface area contributed by atoms with Crippen molar-refractivity contribution < 1.29 is 4.74 Å². The highest BCUT2D eigenvalue weighted by Gasteiger charge is 2.32. The Morgan fingerprint density at radius 1 is 1.75 bits per heavy atom. The summed E-state index contributed by atoms with van der Waals surface area (Å²) in [5.74, 6) is 3.13. The third-order valence-corrected chi connectivity index (χ3v) is 1.28. The Kier molecular flexibility index (Phi) is 1.68. The molecular weight excluding hydrogens is 122 g/mol. The number of allylic oxidation sites excluding steroid dienone is 1. The van der Waals surface area contributed by atoms with Crippen LogP contribution < -0.4 is 5.32 Å². The second kappa shape index (κ2) is 2.31. The maximum atomic E-state index is 4.06. The van der Waals surface area contributed by atoms with Crippen molar-refractivity contribution in [1.82, 2.24) is 5.32 Å². The van der Waals surface area contributed by atoms with Gasteiger partial charge in [-0.15, -0.1) is 0 Å². The Bertz CT molecular complexity index is 122. The summed E-state index contributed by atoms with van der Waals surface area (Å²) in [4.78, 5) is 0. The van der Waals surface area contributed by atoms with Crippen LogP contribution in [0, 0.1) is 0 Å². The van der Waals surface area contributed by atoms with Crippen LogP contribution in [0.2, 0.25) is 0 Å². The molecule has 1 aliphatic heterocycles. The van der Waals surface area contributed by atoms with Crippen molar-refractivity contribution in [2.45, 2.75) is 6.42 Å². The van der Waals surface area contributed by atoms with Crippen molar-refractivity contribution in [3.05, 3.63) is 11.6 Å². The topological polar surface area (TPSA) is 24.8 Å². The van der Waals surface area contributed by atoms with Crippen LogP contribution >= 0.6 is 12.6 Å². The maximum absolute atomic E-state index is 4.06. The molecule has 0 aromatic rings. The van der Waals surface area contributed by atoms with Crippen LogP contribution in [0.3, 0.4) is 0 Å². The highest BCUT2D eigenvalue weighted by Crippen LogP contribution is 2.21. The van der Waals surface area contributed by atoms with Crippen molar-refractivity contribution >= 4 is 12.6 Å². The first-order chi connectivity index (χ1) is 3.88. The molecular formula is C5H10NOS+. The van der Waals surface area contributed by atoms with E-state index in [1.54, 1.807) is 0 Å². The molecule has 0 unspecified atom stereocenters. The van der Waals surface area contributed by atoms with E-state index in [0.717, 1.165) is 18.1 Å². The number of hydrogen-bond acceptors (Lipinski definition) is 2. The molecule has 0 bridgehead atoms. The van der Waals surface area contributed by atoms with E-state index in [1.165, 1.54) is 5.76 Å². The van der Waals surface area contributed by atoms with E-state index in [1.807, 2.05) is 7.05 Å². The van der Waals surface area contributed by atoms with Crippen molar-refractivity contribution in [2.75, 3.05) is 12.8 Å². The average Bonchev–Trinajstić information content (AvgIpc) is 2.48. The van der Waals surface area contributed by atoms with Gasteiger partial charge in [-0.1, -0.05) is 0 Å². The molecule has 0 atom stereocenters. The molecule has 0 fully saturated rings. The zero-order chi connectivity index (χ0) is 5.98. The number of ether oxygens (including phenoxy) is 1. The Labute approximate surface area is 54.3 Å². The molecule has 2 nitrogen and oxygen atoms in total. The van der Waals surface area contributed by atoms with Crippen molar-refractivity contribution in [3.8, 4) is 0 Å². The Morgan fingerprint density at radius 2 is 2.50 bits per heavy atom. The zero-order valence-corrected chi connectivity index (χ0v) is 5.70. The standard InChI is InChI=1S/C5H9NOS/c1-6-5-4(7-5)2-3-8/h6,8H,2-3H2,1H3/p+1. The van der Waals surface area contributed by atoms with Gasteiger partial charge in [0.05, 0.1) is 6.42 Å². The summed E-state index contributed by atoms with van der Waals surface area (Å²) in [5, 5.41) is 2.95. The third-order valence-electron chi connectivity index (χ3n) is 1.06. The van der Waals surface area contributed by atoms with Gasteiger partial charge in [-0.25, -0.2) is 0 Å². The molecule has 0 radical (unpaired) electrons. The van der Waals surface area contributed by atoms with Crippen LogP contribution in [0.1, 0.15) is 6.42 Å². The number of nitrogens with one attached hydrogen (secondary N) is 1. The third kappa shape index (κ3) is 1.10. The molecule has 2 N–H and O–H groups in total. The van der Waals surface area contributed by atoms with Gasteiger partial charge in [-0.2, -0.15) is 12.6 Å². The lowest BCUT2D eigenvalue weighted by Gasteiger charge is -1.73. The minimum Gasteiger partial charge on any atom is -0.522 e. The van der Waals surface area contributed by atoms with E-state index in [-0.39, 0.29) is 0 Å². The zero-order valence-electron chi connectivity index (χ0n) is 4.81. The van der Waals surface area contributed by atoms with Gasteiger partial charge in [-0.05, 0) is 0 Å². The van der Waals surface area contributed by atoms with Gasteiger partial charge in [0.25, 0.3) is 0 Å². The molecule has 0 aromatic heterocycles. The first-order valence-electron chi connectivity index (χ1n) is 2.62. The van der Waals surface area contributed by atoms with Crippen LogP contribution in [0.25, 0.3) is 0 Å². The first kappa shape index (κ1) is 5.82. The summed E-state index contributed by atoms with van der Waals surface area (Å²) >= 11 is 4.06. The summed E-state index contributed by atoms with van der Waals surface area (Å²) in [6, 6.07) is 0. The van der Waals surface area contributed by atoms with E-state index in [4.69, 9.17) is 0 Å². The Morgan fingerprint density at radius 3 is 2.88 bits per heavy atom. The molecule has 1 heterocycles. The van der Waals surface area contributed by atoms with Crippen LogP contribution in [0.5, 0.6) is 0 Å². The van der Waals surface area contributed by atoms with Gasteiger partial charge in [-0.3, -0.25) is 0 Å². The summed E-state index contributed by atoms with van der Waals surface area (Å²) in [7, 11) is 1.88. The lowest BCUT2D eigenvalue weighted by atomic mass is 10.5. The minimum atomic E-state index is 0.893. The molecule has 1 rings (SSSR count). The molecule has 0 aromatic carbocycles. The predicted octanol–water partition coefficient (Wildman–Crippen LogP) is 0.802. The minimum absolute atomic E-state index is 0.893. The number of hydrogen-bond donors (Lipinski definition) is 2. The van der Waals surface area contributed by atoms with Crippen LogP contribution in [-0.2, 0) is 0 Å². The largest absolute Gasteiger partial charge is 0.522 e. The molecule has 1 aliphatic rings. The average molecular weight is 132 g/mol. The fourth-order valence-electron chi connectivity index (χ4n) is 0.587. The summed E-state index contributed by atoms with van der Waals surface area (Å²) in [6.45, 7) is 0. The van der Waals surface area contributed by atoms with Gasteiger partial charge in [0, 0.05) is 12.8 Å². The molecule has 0 saturated heterocycles. The second-order valence-electron chi connectivity index (χ2n) is 1.63. The van der Waals surface area contributed by atoms with Gasteiger partial charge in [0.2, 0.25) is 0 Å². The monoisotopic (exact) mass is 132 g/mol. The van der Waals surface area contributed by atoms with Crippen LogP contribution in [-0.4, -0.2) is 17.5 Å². The molecule has 0 aliphatic carbocycles.